The summed E-state index contributed by atoms with van der Waals surface area (Å²) in [4.78, 5) is 36.4. The van der Waals surface area contributed by atoms with Crippen LogP contribution in [0.15, 0.2) is 12.2 Å². The van der Waals surface area contributed by atoms with E-state index in [2.05, 4.69) is 5.32 Å². The van der Waals surface area contributed by atoms with Crippen molar-refractivity contribution in [2.24, 2.45) is 0 Å². The van der Waals surface area contributed by atoms with E-state index < -0.39 is 23.4 Å². The van der Waals surface area contributed by atoms with Crippen molar-refractivity contribution in [3.8, 4) is 0 Å². The highest BCUT2D eigenvalue weighted by molar-refractivity contribution is 6.19. The number of rotatable bonds is 5. The van der Waals surface area contributed by atoms with Crippen LogP contribution in [0.2, 0.25) is 0 Å². The number of amides is 3. The molecule has 1 aliphatic rings. The topological polar surface area (TPSA) is 86.7 Å². The van der Waals surface area contributed by atoms with Crippen molar-refractivity contribution >= 4 is 29.5 Å². The Balaban J connectivity index is 3.15. The summed E-state index contributed by atoms with van der Waals surface area (Å²) >= 11 is 5.57. The van der Waals surface area contributed by atoms with Crippen molar-refractivity contribution in [2.75, 3.05) is 12.9 Å². The number of carbonyl (C=O) groups excluding carboxylic acids is 2. The fraction of sp³-hybridized carbons (Fsp3) is 0.615. The quantitative estimate of drug-likeness (QED) is 0.598. The Bertz CT molecular complexity index is 425. The molecule has 2 N–H and O–H groups in total. The Morgan fingerprint density at radius 3 is 2.55 bits per heavy atom. The van der Waals surface area contributed by atoms with Crippen LogP contribution in [0.25, 0.3) is 0 Å². The van der Waals surface area contributed by atoms with Gasteiger partial charge in [-0.15, -0.1) is 11.6 Å². The number of imide groups is 1. The average Bonchev–Trinajstić information content (AvgIpc) is 2.39. The van der Waals surface area contributed by atoms with Gasteiger partial charge in [0.15, 0.2) is 0 Å². The molecule has 0 bridgehead atoms. The molecule has 0 spiro atoms. The monoisotopic (exact) mass is 302 g/mol. The lowest BCUT2D eigenvalue weighted by Gasteiger charge is -2.42. The predicted molar refractivity (Wildman–Crippen MR) is 74.6 cm³/mol. The molecule has 6 nitrogen and oxygen atoms in total. The number of carboxylic acid groups (broad SMARTS) is 1. The zero-order valence-electron chi connectivity index (χ0n) is 11.4. The van der Waals surface area contributed by atoms with Gasteiger partial charge in [-0.25, -0.2) is 4.79 Å². The lowest BCUT2D eigenvalue weighted by Crippen LogP contribution is -2.58. The van der Waals surface area contributed by atoms with Crippen molar-refractivity contribution < 1.29 is 19.5 Å². The van der Waals surface area contributed by atoms with Crippen LogP contribution >= 0.6 is 11.6 Å². The molecular formula is C13H19ClN2O4. The molecular weight excluding hydrogens is 284 g/mol. The molecule has 0 radical (unpaired) electrons. The normalized spacial score (nSPS) is 21.3. The summed E-state index contributed by atoms with van der Waals surface area (Å²) in [5, 5.41) is 11.5. The van der Waals surface area contributed by atoms with Crippen molar-refractivity contribution in [3.05, 3.63) is 12.2 Å². The van der Waals surface area contributed by atoms with Crippen LogP contribution in [0, 0.1) is 0 Å². The van der Waals surface area contributed by atoms with E-state index in [1.807, 2.05) is 12.2 Å². The number of hydrogen-bond acceptors (Lipinski definition) is 3. The average molecular weight is 303 g/mol. The van der Waals surface area contributed by atoms with Gasteiger partial charge in [-0.05, 0) is 19.3 Å². The number of carboxylic acids is 1. The maximum absolute atomic E-state index is 12.2. The molecule has 1 unspecified atom stereocenters. The second-order valence-electron chi connectivity index (χ2n) is 4.73. The standard InChI is InChI=1S/C13H19ClN2O4/c1-15-12(20)16(10(17)5-8-14)13(9-11(18)19)6-3-2-4-7-13/h2-3H,4-9H2,1H3,(H,15,20)(H,18,19). The SMILES string of the molecule is CNC(=O)N(C(=O)CCCl)C1(CC(=O)O)CC=CCC1. The molecule has 112 valence electrons. The fourth-order valence-corrected chi connectivity index (χ4v) is 2.66. The minimum absolute atomic E-state index is 0.0000584. The minimum Gasteiger partial charge on any atom is -0.481 e. The molecule has 1 rings (SSSR count). The Morgan fingerprint density at radius 2 is 2.10 bits per heavy atom. The third-order valence-electron chi connectivity index (χ3n) is 3.37. The molecule has 1 atom stereocenters. The highest BCUT2D eigenvalue weighted by atomic mass is 35.5. The summed E-state index contributed by atoms with van der Waals surface area (Å²) < 4.78 is 0. The first-order valence-corrected chi connectivity index (χ1v) is 6.98. The first-order chi connectivity index (χ1) is 9.46. The number of aliphatic carboxylic acids is 1. The lowest BCUT2D eigenvalue weighted by molar-refractivity contribution is -0.143. The number of nitrogens with zero attached hydrogens (tertiary/aromatic N) is 1. The highest BCUT2D eigenvalue weighted by Crippen LogP contribution is 2.34. The molecule has 0 saturated carbocycles. The van der Waals surface area contributed by atoms with E-state index in [0.29, 0.717) is 19.3 Å². The van der Waals surface area contributed by atoms with Gasteiger partial charge < -0.3 is 10.4 Å². The third-order valence-corrected chi connectivity index (χ3v) is 3.56. The number of carbonyl (C=O) groups is 3. The van der Waals surface area contributed by atoms with E-state index in [9.17, 15) is 14.4 Å². The Hall–Kier alpha value is -1.56. The van der Waals surface area contributed by atoms with Crippen molar-refractivity contribution in [2.45, 2.75) is 37.6 Å². The summed E-state index contributed by atoms with van der Waals surface area (Å²) in [6, 6.07) is -0.586. The summed E-state index contributed by atoms with van der Waals surface area (Å²) in [5.74, 6) is -1.39. The second-order valence-corrected chi connectivity index (χ2v) is 5.11. The molecule has 0 fully saturated rings. The fourth-order valence-electron chi connectivity index (χ4n) is 2.50. The van der Waals surface area contributed by atoms with Gasteiger partial charge in [-0.1, -0.05) is 12.2 Å². The molecule has 1 aliphatic carbocycles. The number of halogens is 1. The molecule has 7 heteroatoms. The number of hydrogen-bond donors (Lipinski definition) is 2. The van der Waals surface area contributed by atoms with Crippen molar-refractivity contribution in [3.63, 3.8) is 0 Å². The molecule has 0 aromatic carbocycles. The first-order valence-electron chi connectivity index (χ1n) is 6.44. The first kappa shape index (κ1) is 16.5. The third kappa shape index (κ3) is 3.72. The summed E-state index contributed by atoms with van der Waals surface area (Å²) in [7, 11) is 1.41. The van der Waals surface area contributed by atoms with Crippen molar-refractivity contribution in [1.82, 2.24) is 10.2 Å². The van der Waals surface area contributed by atoms with Gasteiger partial charge in [-0.2, -0.15) is 0 Å². The van der Waals surface area contributed by atoms with E-state index in [4.69, 9.17) is 16.7 Å². The van der Waals surface area contributed by atoms with E-state index in [1.165, 1.54) is 7.05 Å². The summed E-state index contributed by atoms with van der Waals surface area (Å²) in [6.45, 7) is 0. The Morgan fingerprint density at radius 1 is 1.40 bits per heavy atom. The van der Waals surface area contributed by atoms with E-state index in [-0.39, 0.29) is 18.7 Å². The molecule has 0 aliphatic heterocycles. The van der Waals surface area contributed by atoms with Crippen LogP contribution in [-0.4, -0.2) is 46.4 Å². The van der Waals surface area contributed by atoms with Crippen LogP contribution in [-0.2, 0) is 9.59 Å². The predicted octanol–water partition coefficient (Wildman–Crippen LogP) is 1.74. The van der Waals surface area contributed by atoms with E-state index >= 15 is 0 Å². The number of urea groups is 1. The number of alkyl halides is 1. The molecule has 0 saturated heterocycles. The zero-order chi connectivity index (χ0) is 15.2. The highest BCUT2D eigenvalue weighted by Gasteiger charge is 2.44. The second kappa shape index (κ2) is 7.28. The maximum Gasteiger partial charge on any atom is 0.324 e. The largest absolute Gasteiger partial charge is 0.481 e. The van der Waals surface area contributed by atoms with Gasteiger partial charge in [0.05, 0.1) is 12.0 Å². The number of nitrogens with one attached hydrogen (secondary N) is 1. The van der Waals surface area contributed by atoms with Gasteiger partial charge in [0.2, 0.25) is 5.91 Å². The number of allylic oxidation sites excluding steroid dienone is 1. The van der Waals surface area contributed by atoms with Crippen molar-refractivity contribution in [1.29, 1.82) is 0 Å². The Labute approximate surface area is 122 Å². The Kier molecular flexibility index (Phi) is 6.01. The van der Waals surface area contributed by atoms with Gasteiger partial charge in [0.25, 0.3) is 0 Å². The van der Waals surface area contributed by atoms with Gasteiger partial charge in [0, 0.05) is 19.3 Å². The molecule has 0 aromatic rings. The van der Waals surface area contributed by atoms with Crippen LogP contribution in [0.5, 0.6) is 0 Å². The summed E-state index contributed by atoms with van der Waals surface area (Å²) in [6.07, 6.45) is 4.90. The molecule has 0 aromatic heterocycles. The van der Waals surface area contributed by atoms with Gasteiger partial charge in [-0.3, -0.25) is 14.5 Å². The molecule has 20 heavy (non-hydrogen) atoms. The smallest absolute Gasteiger partial charge is 0.324 e. The maximum atomic E-state index is 12.2. The van der Waals surface area contributed by atoms with Crippen LogP contribution in [0.4, 0.5) is 4.79 Å². The van der Waals surface area contributed by atoms with Crippen LogP contribution in [0.1, 0.15) is 32.1 Å². The van der Waals surface area contributed by atoms with E-state index in [1.54, 1.807) is 0 Å². The zero-order valence-corrected chi connectivity index (χ0v) is 12.2. The van der Waals surface area contributed by atoms with Crippen LogP contribution < -0.4 is 5.32 Å². The summed E-state index contributed by atoms with van der Waals surface area (Å²) in [5.41, 5.74) is -1.01. The lowest BCUT2D eigenvalue weighted by atomic mass is 9.81. The minimum atomic E-state index is -1.03. The van der Waals surface area contributed by atoms with Gasteiger partial charge in [0.1, 0.15) is 0 Å². The van der Waals surface area contributed by atoms with Gasteiger partial charge >= 0.3 is 12.0 Å². The van der Waals surface area contributed by atoms with E-state index in [0.717, 1.165) is 4.90 Å². The van der Waals surface area contributed by atoms with Crippen LogP contribution in [0.3, 0.4) is 0 Å². The molecule has 3 amide bonds. The molecule has 0 heterocycles.